The second-order valence-corrected chi connectivity index (χ2v) is 9.50. The van der Waals surface area contributed by atoms with Crippen LogP contribution in [0.4, 0.5) is 18.9 Å². The Hall–Kier alpha value is -4.33. The fraction of sp³-hybridized carbons (Fsp3) is 0.333. The molecule has 1 amide bonds. The van der Waals surface area contributed by atoms with Gasteiger partial charge in [-0.1, -0.05) is 11.3 Å². The monoisotopic (exact) mass is 523 g/mol. The third-order valence-electron chi connectivity index (χ3n) is 6.66. The van der Waals surface area contributed by atoms with Crippen LogP contribution >= 0.6 is 0 Å². The largest absolute Gasteiger partial charge is 0.492 e. The third-order valence-corrected chi connectivity index (χ3v) is 6.66. The molecule has 196 valence electrons. The first-order valence-corrected chi connectivity index (χ1v) is 12.1. The zero-order chi connectivity index (χ0) is 27.2. The lowest BCUT2D eigenvalue weighted by molar-refractivity contribution is -0.302. The predicted octanol–water partition coefficient (Wildman–Crippen LogP) is 4.15. The quantitative estimate of drug-likeness (QED) is 0.393. The van der Waals surface area contributed by atoms with Crippen LogP contribution in [0.2, 0.25) is 0 Å². The van der Waals surface area contributed by atoms with E-state index in [1.54, 1.807) is 36.9 Å². The minimum atomic E-state index is -4.56. The highest BCUT2D eigenvalue weighted by atomic mass is 19.4. The topological polar surface area (TPSA) is 79.3 Å². The number of hydrogen-bond acceptors (Lipinski definition) is 4. The molecular weight excluding hydrogens is 497 g/mol. The number of rotatable bonds is 5. The Morgan fingerprint density at radius 1 is 1.13 bits per heavy atom. The number of benzene rings is 2. The molecule has 0 spiro atoms. The van der Waals surface area contributed by atoms with E-state index in [1.165, 1.54) is 4.68 Å². The van der Waals surface area contributed by atoms with E-state index in [0.717, 1.165) is 33.0 Å². The number of carbonyl (C=O) groups excluding carboxylic acids is 1. The van der Waals surface area contributed by atoms with Crippen LogP contribution in [0, 0.1) is 27.1 Å². The number of ether oxygens (including phenoxy) is 1. The fourth-order valence-corrected chi connectivity index (χ4v) is 4.93. The van der Waals surface area contributed by atoms with E-state index in [4.69, 9.17) is 4.74 Å². The Morgan fingerprint density at radius 3 is 2.61 bits per heavy atom. The molecule has 4 aromatic rings. The normalized spacial score (nSPS) is 15.7. The average molecular weight is 524 g/mol. The van der Waals surface area contributed by atoms with Crippen molar-refractivity contribution in [3.05, 3.63) is 71.4 Å². The number of halogens is 3. The van der Waals surface area contributed by atoms with Gasteiger partial charge in [0.15, 0.2) is 17.6 Å². The summed E-state index contributed by atoms with van der Waals surface area (Å²) in [6, 6.07) is 8.06. The van der Waals surface area contributed by atoms with Gasteiger partial charge in [0.05, 0.1) is 13.3 Å². The molecular formula is C27H26F3N6O2+. The summed E-state index contributed by atoms with van der Waals surface area (Å²) in [4.78, 5) is 18.5. The number of alkyl halides is 3. The Balaban J connectivity index is 1.49. The highest BCUT2D eigenvalue weighted by Gasteiger charge is 2.40. The standard InChI is InChI=1S/C27H26F3N6O2/c1-16-9-17(2)20-6-8-23(26(37)35(24(20)10-16)14-27(28,29)30)36-13-21(32-33-36)19-5-7-22(25(11-19)38-4)34-12-18(3)31-15-34/h5,7,9-13,23H,6,8,14H2,1-4H3/q+1. The molecule has 2 aromatic heterocycles. The summed E-state index contributed by atoms with van der Waals surface area (Å²) < 4.78 is 49.4. The number of methoxy groups -OCH3 is 1. The van der Waals surface area contributed by atoms with Crippen molar-refractivity contribution in [2.24, 2.45) is 0 Å². The Bertz CT molecular complexity index is 1510. The molecule has 5 rings (SSSR count). The van der Waals surface area contributed by atoms with Crippen LogP contribution in [0.25, 0.3) is 16.9 Å². The maximum atomic E-state index is 13.6. The molecule has 0 N–H and O–H groups in total. The highest BCUT2D eigenvalue weighted by molar-refractivity contribution is 5.98. The summed E-state index contributed by atoms with van der Waals surface area (Å²) in [6.45, 7) is 4.15. The number of nitrogens with zero attached hydrogens (tertiary/aromatic N) is 6. The van der Waals surface area contributed by atoms with Crippen molar-refractivity contribution in [1.82, 2.24) is 19.6 Å². The van der Waals surface area contributed by atoms with Crippen LogP contribution in [-0.2, 0) is 11.2 Å². The van der Waals surface area contributed by atoms with E-state index < -0.39 is 24.7 Å². The van der Waals surface area contributed by atoms with Crippen molar-refractivity contribution < 1.29 is 27.7 Å². The van der Waals surface area contributed by atoms with Crippen LogP contribution in [0.1, 0.15) is 34.8 Å². The second-order valence-electron chi connectivity index (χ2n) is 9.50. The molecule has 11 heteroatoms. The highest BCUT2D eigenvalue weighted by Crippen LogP contribution is 2.37. The number of anilines is 1. The van der Waals surface area contributed by atoms with E-state index in [-0.39, 0.29) is 0 Å². The van der Waals surface area contributed by atoms with Crippen LogP contribution in [0.3, 0.4) is 0 Å². The Kier molecular flexibility index (Phi) is 6.34. The van der Waals surface area contributed by atoms with Crippen molar-refractivity contribution in [3.8, 4) is 22.7 Å². The fourth-order valence-electron chi connectivity index (χ4n) is 4.93. The molecule has 0 saturated heterocycles. The molecule has 3 heterocycles. The Morgan fingerprint density at radius 2 is 1.92 bits per heavy atom. The molecule has 1 unspecified atom stereocenters. The summed E-state index contributed by atoms with van der Waals surface area (Å²) in [6.07, 6.45) is 2.46. The minimum absolute atomic E-state index is 0.297. The van der Waals surface area contributed by atoms with Gasteiger partial charge >= 0.3 is 12.5 Å². The molecule has 1 aliphatic heterocycles. The lowest BCUT2D eigenvalue weighted by atomic mass is 9.98. The van der Waals surface area contributed by atoms with Crippen LogP contribution in [-0.4, -0.2) is 45.3 Å². The number of aryl methyl sites for hydroxylation is 3. The molecule has 38 heavy (non-hydrogen) atoms. The lowest BCUT2D eigenvalue weighted by Gasteiger charge is -2.27. The van der Waals surface area contributed by atoms with Crippen LogP contribution < -0.4 is 14.6 Å². The van der Waals surface area contributed by atoms with Gasteiger partial charge in [-0.3, -0.25) is 4.79 Å². The lowest BCUT2D eigenvalue weighted by Crippen LogP contribution is -2.42. The molecule has 1 atom stereocenters. The van der Waals surface area contributed by atoms with Gasteiger partial charge in [-0.15, -0.1) is 9.67 Å². The number of amides is 1. The number of hydrogen-bond donors (Lipinski definition) is 0. The summed E-state index contributed by atoms with van der Waals surface area (Å²) in [5.74, 6) is -0.115. The van der Waals surface area contributed by atoms with Crippen molar-refractivity contribution in [2.75, 3.05) is 18.6 Å². The zero-order valence-electron chi connectivity index (χ0n) is 21.4. The van der Waals surface area contributed by atoms with Crippen molar-refractivity contribution in [1.29, 1.82) is 0 Å². The maximum absolute atomic E-state index is 13.6. The first kappa shape index (κ1) is 25.3. The van der Waals surface area contributed by atoms with Crippen molar-refractivity contribution in [3.63, 3.8) is 0 Å². The molecule has 8 nitrogen and oxygen atoms in total. The third kappa shape index (κ3) is 4.81. The molecule has 2 aromatic carbocycles. The van der Waals surface area contributed by atoms with E-state index in [1.807, 2.05) is 38.2 Å². The predicted molar refractivity (Wildman–Crippen MR) is 132 cm³/mol. The van der Waals surface area contributed by atoms with E-state index in [0.29, 0.717) is 35.5 Å². The first-order valence-electron chi connectivity index (χ1n) is 12.1. The molecule has 0 fully saturated rings. The summed E-state index contributed by atoms with van der Waals surface area (Å²) in [7, 11) is 1.55. The Labute approximate surface area is 217 Å². The summed E-state index contributed by atoms with van der Waals surface area (Å²) >= 11 is 0. The van der Waals surface area contributed by atoms with E-state index in [9.17, 15) is 18.0 Å². The molecule has 0 radical (unpaired) electrons. The van der Waals surface area contributed by atoms with Gasteiger partial charge in [0.25, 0.3) is 11.6 Å². The van der Waals surface area contributed by atoms with Crippen LogP contribution in [0.15, 0.2) is 42.7 Å². The molecule has 1 aliphatic rings. The van der Waals surface area contributed by atoms with Crippen LogP contribution in [0.5, 0.6) is 5.75 Å². The maximum Gasteiger partial charge on any atom is 0.406 e. The SMILES string of the molecule is COc1cc(-c2cn(C3CCc4c(C)cc(C)cc4N(CC(F)(F)F)C3=O)nn2)ccc1-n1c#[n+]c(C)c1. The van der Waals surface area contributed by atoms with Crippen molar-refractivity contribution in [2.45, 2.75) is 45.8 Å². The molecule has 0 bridgehead atoms. The zero-order valence-corrected chi connectivity index (χ0v) is 21.4. The van der Waals surface area contributed by atoms with Gasteiger partial charge in [0, 0.05) is 18.2 Å². The van der Waals surface area contributed by atoms with Crippen molar-refractivity contribution >= 4 is 11.6 Å². The smallest absolute Gasteiger partial charge is 0.406 e. The van der Waals surface area contributed by atoms with E-state index >= 15 is 0 Å². The number of aromatic nitrogens is 5. The van der Waals surface area contributed by atoms with Gasteiger partial charge in [-0.05, 0) is 67.6 Å². The molecule has 0 aliphatic carbocycles. The van der Waals surface area contributed by atoms with Gasteiger partial charge in [0.2, 0.25) is 0 Å². The van der Waals surface area contributed by atoms with Gasteiger partial charge in [-0.2, -0.15) is 18.2 Å². The van der Waals surface area contributed by atoms with Gasteiger partial charge < -0.3 is 9.64 Å². The number of carbonyl (C=O) groups is 1. The minimum Gasteiger partial charge on any atom is -0.492 e. The summed E-state index contributed by atoms with van der Waals surface area (Å²) in [5.41, 5.74) is 5.37. The van der Waals surface area contributed by atoms with E-state index in [2.05, 4.69) is 21.6 Å². The average Bonchev–Trinajstić information content (AvgIpc) is 3.49. The molecule has 0 saturated carbocycles. The van der Waals surface area contributed by atoms with Gasteiger partial charge in [0.1, 0.15) is 18.3 Å². The number of fused-ring (bicyclic) bond motifs is 1. The first-order chi connectivity index (χ1) is 18.0. The summed E-state index contributed by atoms with van der Waals surface area (Å²) in [5, 5.41) is 8.38. The second kappa shape index (κ2) is 9.52. The van der Waals surface area contributed by atoms with Gasteiger partial charge in [-0.25, -0.2) is 4.68 Å².